The summed E-state index contributed by atoms with van der Waals surface area (Å²) >= 11 is 1.36. The molecule has 0 radical (unpaired) electrons. The normalized spacial score (nSPS) is 19.9. The predicted molar refractivity (Wildman–Crippen MR) is 166 cm³/mol. The van der Waals surface area contributed by atoms with Gasteiger partial charge < -0.3 is 19.2 Å². The van der Waals surface area contributed by atoms with Gasteiger partial charge in [0.1, 0.15) is 30.5 Å². The van der Waals surface area contributed by atoms with Gasteiger partial charge in [0.2, 0.25) is 5.91 Å². The zero-order valence-electron chi connectivity index (χ0n) is 25.3. The summed E-state index contributed by atoms with van der Waals surface area (Å²) in [6.45, 7) is 4.05. The molecule has 0 aliphatic carbocycles. The number of carbonyl (C=O) groups is 4. The van der Waals surface area contributed by atoms with Crippen LogP contribution in [0.1, 0.15) is 32.8 Å². The molecule has 242 valence electrons. The Balaban J connectivity index is 1.15. The molecule has 3 aliphatic heterocycles. The number of Topliss-reactive ketones (excluding diaryl/α,β-unsaturated/α-hetero) is 1. The number of sulfone groups is 1. The van der Waals surface area contributed by atoms with Crippen LogP contribution in [0.25, 0.3) is 22.2 Å². The molecule has 0 saturated carbocycles. The molecular formula is C32H31FN2O9S2. The molecule has 46 heavy (non-hydrogen) atoms. The summed E-state index contributed by atoms with van der Waals surface area (Å²) in [4.78, 5) is 55.1. The molecule has 14 heteroatoms. The number of ketones is 1. The largest absolute Gasteiger partial charge is 0.486 e. The summed E-state index contributed by atoms with van der Waals surface area (Å²) < 4.78 is 56.6. The van der Waals surface area contributed by atoms with Crippen molar-refractivity contribution < 1.29 is 46.2 Å². The molecule has 2 aromatic carbocycles. The van der Waals surface area contributed by atoms with Crippen LogP contribution >= 0.6 is 11.8 Å². The Bertz CT molecular complexity index is 1930. The summed E-state index contributed by atoms with van der Waals surface area (Å²) in [5, 5.41) is 0.146. The fraction of sp³-hybridized carbons (Fsp3) is 0.375. The van der Waals surface area contributed by atoms with Gasteiger partial charge in [-0.1, -0.05) is 0 Å². The predicted octanol–water partition coefficient (Wildman–Crippen LogP) is 3.94. The smallest absolute Gasteiger partial charge is 0.355 e. The highest BCUT2D eigenvalue weighted by Crippen LogP contribution is 2.46. The Morgan fingerprint density at radius 2 is 1.93 bits per heavy atom. The SMILES string of the molecule is CC(=O)OCC1=C(C(=O)OC(C)C)N2C(=O)C(CC(=O)COc3ccc4c(c3)S(=O)(=O)CCc3c-4[nH]c4ccc(F)cc34)C2SC1. The van der Waals surface area contributed by atoms with Crippen molar-refractivity contribution in [2.24, 2.45) is 5.92 Å². The Labute approximate surface area is 268 Å². The van der Waals surface area contributed by atoms with E-state index in [1.165, 1.54) is 41.8 Å². The summed E-state index contributed by atoms with van der Waals surface area (Å²) in [6.07, 6.45) is -0.379. The number of carbonyl (C=O) groups excluding carboxylic acids is 4. The summed E-state index contributed by atoms with van der Waals surface area (Å²) in [7, 11) is -3.73. The highest BCUT2D eigenvalue weighted by Gasteiger charge is 2.54. The minimum atomic E-state index is -3.73. The van der Waals surface area contributed by atoms with Gasteiger partial charge in [0, 0.05) is 41.1 Å². The van der Waals surface area contributed by atoms with E-state index in [4.69, 9.17) is 14.2 Å². The van der Waals surface area contributed by atoms with Crippen LogP contribution in [-0.4, -0.2) is 78.1 Å². The Morgan fingerprint density at radius 3 is 2.67 bits per heavy atom. The van der Waals surface area contributed by atoms with Crippen LogP contribution in [0.3, 0.4) is 0 Å². The number of hydrogen-bond donors (Lipinski definition) is 1. The van der Waals surface area contributed by atoms with E-state index >= 15 is 0 Å². The fourth-order valence-electron chi connectivity index (χ4n) is 5.96. The lowest BCUT2D eigenvalue weighted by molar-refractivity contribution is -0.157. The second-order valence-corrected chi connectivity index (χ2v) is 14.8. The van der Waals surface area contributed by atoms with Crippen LogP contribution in [-0.2, 0) is 44.9 Å². The number of β-lactam (4-membered cyclic amide) rings is 1. The standard InChI is InChI=1S/C32H31FN2O9S2/c1-16(2)44-32(39)29-18(13-42-17(3)36)15-45-31-25(30(38)35(29)31)11-20(37)14-43-21-5-6-23-27(12-21)46(40,41)9-8-22-24-10-19(33)4-7-26(24)34-28(22)23/h4-7,10,12,16,25,31,34H,8-9,11,13-15H2,1-3H3. The Morgan fingerprint density at radius 1 is 1.15 bits per heavy atom. The average Bonchev–Trinajstić information content (AvgIpc) is 3.31. The van der Waals surface area contributed by atoms with Crippen LogP contribution in [0, 0.1) is 11.7 Å². The maximum absolute atomic E-state index is 14.0. The molecule has 1 N–H and O–H groups in total. The average molecular weight is 671 g/mol. The van der Waals surface area contributed by atoms with Crippen LogP contribution < -0.4 is 4.74 Å². The number of amides is 1. The quantitative estimate of drug-likeness (QED) is 0.262. The van der Waals surface area contributed by atoms with Crippen molar-refractivity contribution in [2.75, 3.05) is 24.7 Å². The third kappa shape index (κ3) is 5.91. The number of fused-ring (bicyclic) bond motifs is 6. The monoisotopic (exact) mass is 670 g/mol. The van der Waals surface area contributed by atoms with Gasteiger partial charge >= 0.3 is 11.9 Å². The maximum atomic E-state index is 14.0. The summed E-state index contributed by atoms with van der Waals surface area (Å²) in [5.41, 5.74) is 2.94. The first-order valence-corrected chi connectivity index (χ1v) is 17.4. The second kappa shape index (κ2) is 12.2. The van der Waals surface area contributed by atoms with Crippen molar-refractivity contribution in [3.05, 3.63) is 59.0 Å². The van der Waals surface area contributed by atoms with E-state index in [0.717, 1.165) is 5.56 Å². The molecule has 1 aromatic heterocycles. The molecule has 3 aliphatic rings. The number of esters is 2. The number of aromatic amines is 1. The first-order chi connectivity index (χ1) is 21.8. The summed E-state index contributed by atoms with van der Waals surface area (Å²) in [6, 6.07) is 8.90. The number of thioether (sulfide) groups is 1. The van der Waals surface area contributed by atoms with Gasteiger partial charge in [0.05, 0.1) is 33.7 Å². The van der Waals surface area contributed by atoms with Crippen molar-refractivity contribution >= 4 is 56.1 Å². The number of hydrogen-bond acceptors (Lipinski definition) is 10. The highest BCUT2D eigenvalue weighted by molar-refractivity contribution is 8.00. The topological polar surface area (TPSA) is 149 Å². The lowest BCUT2D eigenvalue weighted by atomic mass is 9.90. The number of H-pyrrole nitrogens is 1. The molecule has 4 heterocycles. The fourth-order valence-corrected chi connectivity index (χ4v) is 8.85. The lowest BCUT2D eigenvalue weighted by Crippen LogP contribution is -2.62. The van der Waals surface area contributed by atoms with Crippen molar-refractivity contribution in [3.8, 4) is 17.0 Å². The minimum Gasteiger partial charge on any atom is -0.486 e. The van der Waals surface area contributed by atoms with Gasteiger partial charge in [-0.2, -0.15) is 0 Å². The van der Waals surface area contributed by atoms with Crippen molar-refractivity contribution in [1.82, 2.24) is 9.88 Å². The number of rotatable bonds is 9. The first-order valence-electron chi connectivity index (χ1n) is 14.7. The van der Waals surface area contributed by atoms with E-state index in [0.29, 0.717) is 33.5 Å². The third-order valence-electron chi connectivity index (χ3n) is 8.04. The van der Waals surface area contributed by atoms with Crippen molar-refractivity contribution in [1.29, 1.82) is 0 Å². The maximum Gasteiger partial charge on any atom is 0.355 e. The molecule has 6 rings (SSSR count). The van der Waals surface area contributed by atoms with Gasteiger partial charge in [-0.15, -0.1) is 11.8 Å². The molecule has 1 saturated heterocycles. The van der Waals surface area contributed by atoms with Crippen LogP contribution in [0.15, 0.2) is 52.6 Å². The number of halogens is 1. The molecular weight excluding hydrogens is 639 g/mol. The van der Waals surface area contributed by atoms with E-state index in [1.54, 1.807) is 32.0 Å². The van der Waals surface area contributed by atoms with Gasteiger partial charge in [0.15, 0.2) is 15.6 Å². The minimum absolute atomic E-state index is 0.0399. The second-order valence-electron chi connectivity index (χ2n) is 11.6. The van der Waals surface area contributed by atoms with E-state index < -0.39 is 57.5 Å². The Hall–Kier alpha value is -4.17. The highest BCUT2D eigenvalue weighted by atomic mass is 32.2. The molecule has 11 nitrogen and oxygen atoms in total. The summed E-state index contributed by atoms with van der Waals surface area (Å²) in [5.74, 6) is -2.84. The van der Waals surface area contributed by atoms with E-state index in [9.17, 15) is 32.0 Å². The zero-order chi connectivity index (χ0) is 32.9. The molecule has 0 spiro atoms. The van der Waals surface area contributed by atoms with Crippen molar-refractivity contribution in [2.45, 2.75) is 50.0 Å². The number of benzene rings is 2. The van der Waals surface area contributed by atoms with Crippen molar-refractivity contribution in [3.63, 3.8) is 0 Å². The van der Waals surface area contributed by atoms with Gasteiger partial charge in [0.25, 0.3) is 0 Å². The number of aryl methyl sites for hydroxylation is 1. The third-order valence-corrected chi connectivity index (χ3v) is 11.2. The number of aromatic nitrogens is 1. The molecule has 1 fully saturated rings. The van der Waals surface area contributed by atoms with Crippen LogP contribution in [0.2, 0.25) is 0 Å². The first kappa shape index (κ1) is 31.8. The Kier molecular flexibility index (Phi) is 8.44. The van der Waals surface area contributed by atoms with E-state index in [1.807, 2.05) is 0 Å². The van der Waals surface area contributed by atoms with E-state index in [-0.39, 0.29) is 47.3 Å². The van der Waals surface area contributed by atoms with Gasteiger partial charge in [-0.3, -0.25) is 19.3 Å². The molecule has 3 aromatic rings. The zero-order valence-corrected chi connectivity index (χ0v) is 26.9. The van der Waals surface area contributed by atoms with Gasteiger partial charge in [-0.25, -0.2) is 17.6 Å². The molecule has 2 atom stereocenters. The van der Waals surface area contributed by atoms with Crippen LogP contribution in [0.5, 0.6) is 5.75 Å². The number of nitrogens with one attached hydrogen (secondary N) is 1. The van der Waals surface area contributed by atoms with E-state index in [2.05, 4.69) is 4.98 Å². The van der Waals surface area contributed by atoms with Gasteiger partial charge in [-0.05, 0) is 62.2 Å². The lowest BCUT2D eigenvalue weighted by Gasteiger charge is -2.49. The molecule has 1 amide bonds. The number of nitrogens with zero attached hydrogens (tertiary/aromatic N) is 1. The van der Waals surface area contributed by atoms with Crippen LogP contribution in [0.4, 0.5) is 4.39 Å². The molecule has 2 unspecified atom stereocenters. The molecule has 0 bridgehead atoms. The number of ether oxygens (including phenoxy) is 3.